The van der Waals surface area contributed by atoms with Gasteiger partial charge >= 0.3 is 0 Å². The van der Waals surface area contributed by atoms with Gasteiger partial charge in [0.05, 0.1) is 11.8 Å². The summed E-state index contributed by atoms with van der Waals surface area (Å²) in [6, 6.07) is 1.56. The van der Waals surface area contributed by atoms with Crippen molar-refractivity contribution in [3.63, 3.8) is 0 Å². The SMILES string of the molecule is COC1CN(C(=O)c2ccoc2Cl)CC1OC. The maximum Gasteiger partial charge on any atom is 0.258 e. The van der Waals surface area contributed by atoms with Gasteiger partial charge in [0, 0.05) is 27.3 Å². The number of halogens is 1. The van der Waals surface area contributed by atoms with Crippen LogP contribution in [0, 0.1) is 0 Å². The minimum absolute atomic E-state index is 0.102. The Morgan fingerprint density at radius 2 is 2.00 bits per heavy atom. The summed E-state index contributed by atoms with van der Waals surface area (Å²) in [4.78, 5) is 13.8. The van der Waals surface area contributed by atoms with Crippen LogP contribution in [0.3, 0.4) is 0 Å². The van der Waals surface area contributed by atoms with E-state index in [0.29, 0.717) is 18.7 Å². The fraction of sp³-hybridized carbons (Fsp3) is 0.545. The Kier molecular flexibility index (Phi) is 3.71. The van der Waals surface area contributed by atoms with Gasteiger partial charge in [0.1, 0.15) is 12.2 Å². The predicted octanol–water partition coefficient (Wildman–Crippen LogP) is 1.42. The number of nitrogens with zero attached hydrogens (tertiary/aromatic N) is 1. The molecule has 0 radical (unpaired) electrons. The van der Waals surface area contributed by atoms with Gasteiger partial charge in [-0.1, -0.05) is 0 Å². The largest absolute Gasteiger partial charge is 0.452 e. The van der Waals surface area contributed by atoms with Gasteiger partial charge in [-0.2, -0.15) is 0 Å². The molecule has 2 rings (SSSR count). The molecule has 5 nitrogen and oxygen atoms in total. The molecule has 2 heterocycles. The Morgan fingerprint density at radius 3 is 2.41 bits per heavy atom. The number of methoxy groups -OCH3 is 2. The lowest BCUT2D eigenvalue weighted by molar-refractivity contribution is -0.00461. The van der Waals surface area contributed by atoms with Crippen LogP contribution < -0.4 is 0 Å². The van der Waals surface area contributed by atoms with E-state index in [0.717, 1.165) is 0 Å². The minimum Gasteiger partial charge on any atom is -0.452 e. The first-order valence-electron chi connectivity index (χ1n) is 5.25. The van der Waals surface area contributed by atoms with E-state index in [1.165, 1.54) is 6.26 Å². The average molecular weight is 260 g/mol. The Morgan fingerprint density at radius 1 is 1.41 bits per heavy atom. The van der Waals surface area contributed by atoms with E-state index >= 15 is 0 Å². The number of ether oxygens (including phenoxy) is 2. The highest BCUT2D eigenvalue weighted by molar-refractivity contribution is 6.32. The molecule has 1 aliphatic rings. The van der Waals surface area contributed by atoms with E-state index < -0.39 is 0 Å². The maximum absolute atomic E-state index is 12.1. The van der Waals surface area contributed by atoms with E-state index in [4.69, 9.17) is 25.5 Å². The van der Waals surface area contributed by atoms with E-state index in [-0.39, 0.29) is 23.3 Å². The van der Waals surface area contributed by atoms with Crippen LogP contribution in [0.5, 0.6) is 0 Å². The van der Waals surface area contributed by atoms with Gasteiger partial charge in [-0.05, 0) is 17.7 Å². The number of likely N-dealkylation sites (tertiary alicyclic amines) is 1. The number of furan rings is 1. The van der Waals surface area contributed by atoms with Crippen LogP contribution in [-0.2, 0) is 9.47 Å². The van der Waals surface area contributed by atoms with Crippen LogP contribution >= 0.6 is 11.6 Å². The maximum atomic E-state index is 12.1. The quantitative estimate of drug-likeness (QED) is 0.824. The lowest BCUT2D eigenvalue weighted by Crippen LogP contribution is -2.29. The van der Waals surface area contributed by atoms with Gasteiger partial charge in [-0.25, -0.2) is 0 Å². The van der Waals surface area contributed by atoms with Crippen molar-refractivity contribution >= 4 is 17.5 Å². The second-order valence-corrected chi connectivity index (χ2v) is 4.21. The molecular formula is C11H14ClNO4. The minimum atomic E-state index is -0.162. The van der Waals surface area contributed by atoms with Crippen molar-refractivity contribution in [2.45, 2.75) is 12.2 Å². The lowest BCUT2D eigenvalue weighted by atomic mass is 10.3. The molecule has 1 aromatic rings. The number of hydrogen-bond donors (Lipinski definition) is 0. The molecule has 1 aromatic heterocycles. The lowest BCUT2D eigenvalue weighted by Gasteiger charge is -2.14. The highest BCUT2D eigenvalue weighted by atomic mass is 35.5. The summed E-state index contributed by atoms with van der Waals surface area (Å²) in [7, 11) is 3.21. The molecule has 0 aromatic carbocycles. The number of amides is 1. The molecule has 1 amide bonds. The van der Waals surface area contributed by atoms with Gasteiger partial charge in [0.25, 0.3) is 5.91 Å². The Hall–Kier alpha value is -1.04. The van der Waals surface area contributed by atoms with Gasteiger partial charge in [0.2, 0.25) is 5.22 Å². The first-order chi connectivity index (χ1) is 8.17. The van der Waals surface area contributed by atoms with Crippen molar-refractivity contribution in [1.29, 1.82) is 0 Å². The monoisotopic (exact) mass is 259 g/mol. The molecular weight excluding hydrogens is 246 g/mol. The zero-order valence-corrected chi connectivity index (χ0v) is 10.4. The summed E-state index contributed by atoms with van der Waals surface area (Å²) in [6.07, 6.45) is 1.19. The number of carbonyl (C=O) groups excluding carboxylic acids is 1. The smallest absolute Gasteiger partial charge is 0.258 e. The van der Waals surface area contributed by atoms with E-state index in [2.05, 4.69) is 0 Å². The fourth-order valence-corrected chi connectivity index (χ4v) is 2.17. The summed E-state index contributed by atoms with van der Waals surface area (Å²) >= 11 is 5.78. The molecule has 2 atom stereocenters. The third kappa shape index (κ3) is 2.31. The molecule has 6 heteroatoms. The zero-order chi connectivity index (χ0) is 12.4. The standard InChI is InChI=1S/C11H14ClNO4/c1-15-8-5-13(6-9(8)16-2)11(14)7-3-4-17-10(7)12/h3-4,8-9H,5-6H2,1-2H3. The molecule has 94 valence electrons. The van der Waals surface area contributed by atoms with E-state index in [9.17, 15) is 4.79 Å². The Bertz CT molecular complexity index is 394. The van der Waals surface area contributed by atoms with Gasteiger partial charge < -0.3 is 18.8 Å². The van der Waals surface area contributed by atoms with E-state index in [1.807, 2.05) is 0 Å². The van der Waals surface area contributed by atoms with E-state index in [1.54, 1.807) is 25.2 Å². The molecule has 1 saturated heterocycles. The predicted molar refractivity (Wildman–Crippen MR) is 61.2 cm³/mol. The summed E-state index contributed by atoms with van der Waals surface area (Å²) < 4.78 is 15.4. The third-order valence-corrected chi connectivity index (χ3v) is 3.25. The van der Waals surface area contributed by atoms with Crippen molar-refractivity contribution in [3.05, 3.63) is 23.1 Å². The molecule has 2 unspecified atom stereocenters. The van der Waals surface area contributed by atoms with Crippen LogP contribution in [0.25, 0.3) is 0 Å². The third-order valence-electron chi connectivity index (χ3n) is 2.96. The molecule has 0 spiro atoms. The summed E-state index contributed by atoms with van der Waals surface area (Å²) in [5.74, 6) is -0.162. The molecule has 17 heavy (non-hydrogen) atoms. The average Bonchev–Trinajstić information content (AvgIpc) is 2.93. The van der Waals surface area contributed by atoms with Crippen molar-refractivity contribution in [3.8, 4) is 0 Å². The molecule has 0 saturated carbocycles. The topological polar surface area (TPSA) is 51.9 Å². The Balaban J connectivity index is 2.10. The molecule has 0 aliphatic carbocycles. The summed E-state index contributed by atoms with van der Waals surface area (Å²) in [5, 5.41) is 0.116. The van der Waals surface area contributed by atoms with Crippen molar-refractivity contribution in [1.82, 2.24) is 4.90 Å². The second-order valence-electron chi connectivity index (χ2n) is 3.87. The van der Waals surface area contributed by atoms with Crippen LogP contribution in [0.1, 0.15) is 10.4 Å². The van der Waals surface area contributed by atoms with Crippen molar-refractivity contribution in [2.24, 2.45) is 0 Å². The summed E-state index contributed by atoms with van der Waals surface area (Å²) in [5.41, 5.74) is 0.373. The van der Waals surface area contributed by atoms with Crippen LogP contribution in [0.15, 0.2) is 16.7 Å². The number of hydrogen-bond acceptors (Lipinski definition) is 4. The Labute approximate surface area is 104 Å². The van der Waals surface area contributed by atoms with Gasteiger partial charge in [0.15, 0.2) is 0 Å². The normalized spacial score (nSPS) is 24.3. The number of rotatable bonds is 3. The first kappa shape index (κ1) is 12.4. The highest BCUT2D eigenvalue weighted by Crippen LogP contribution is 2.23. The molecule has 1 fully saturated rings. The fourth-order valence-electron chi connectivity index (χ4n) is 1.98. The molecule has 1 aliphatic heterocycles. The first-order valence-corrected chi connectivity index (χ1v) is 5.63. The summed E-state index contributed by atoms with van der Waals surface area (Å²) in [6.45, 7) is 0.991. The zero-order valence-electron chi connectivity index (χ0n) is 9.68. The number of carbonyl (C=O) groups is 1. The van der Waals surface area contributed by atoms with Gasteiger partial charge in [-0.15, -0.1) is 0 Å². The molecule has 0 bridgehead atoms. The van der Waals surface area contributed by atoms with Crippen LogP contribution in [0.4, 0.5) is 0 Å². The van der Waals surface area contributed by atoms with Crippen molar-refractivity contribution < 1.29 is 18.7 Å². The second kappa shape index (κ2) is 5.08. The molecule has 0 N–H and O–H groups in total. The highest BCUT2D eigenvalue weighted by Gasteiger charge is 2.36. The van der Waals surface area contributed by atoms with Crippen LogP contribution in [-0.4, -0.2) is 50.3 Å². The van der Waals surface area contributed by atoms with Crippen molar-refractivity contribution in [2.75, 3.05) is 27.3 Å². The van der Waals surface area contributed by atoms with Crippen LogP contribution in [0.2, 0.25) is 5.22 Å². The van der Waals surface area contributed by atoms with Gasteiger partial charge in [-0.3, -0.25) is 4.79 Å².